The summed E-state index contributed by atoms with van der Waals surface area (Å²) >= 11 is 0. The first-order valence-corrected chi connectivity index (χ1v) is 8.31. The molecule has 0 aromatic heterocycles. The lowest BCUT2D eigenvalue weighted by molar-refractivity contribution is 0.0600. The molecule has 4 heteroatoms. The standard InChI is InChI=1S/C20H23NO3/c1-24-20(23)18-6-2-5-16(11-18)13-21-9-8-17(14-21)10-15-4-3-7-19(22)12-15/h2-7,11-12,17,22H,8-10,13-14H2,1H3. The number of nitrogens with zero attached hydrogens (tertiary/aromatic N) is 1. The molecule has 1 N–H and O–H groups in total. The Morgan fingerprint density at radius 1 is 1.21 bits per heavy atom. The van der Waals surface area contributed by atoms with E-state index in [-0.39, 0.29) is 5.97 Å². The summed E-state index contributed by atoms with van der Waals surface area (Å²) < 4.78 is 4.78. The molecule has 0 saturated carbocycles. The molecule has 0 spiro atoms. The number of hydrogen-bond donors (Lipinski definition) is 1. The Labute approximate surface area is 142 Å². The highest BCUT2D eigenvalue weighted by atomic mass is 16.5. The van der Waals surface area contributed by atoms with Gasteiger partial charge in [-0.15, -0.1) is 0 Å². The van der Waals surface area contributed by atoms with Crippen LogP contribution in [0.5, 0.6) is 5.75 Å². The van der Waals surface area contributed by atoms with Crippen molar-refractivity contribution >= 4 is 5.97 Å². The van der Waals surface area contributed by atoms with E-state index in [1.165, 1.54) is 12.7 Å². The molecule has 1 unspecified atom stereocenters. The third-order valence-electron chi connectivity index (χ3n) is 4.56. The van der Waals surface area contributed by atoms with E-state index in [1.54, 1.807) is 12.1 Å². The number of methoxy groups -OCH3 is 1. The number of phenols is 1. The van der Waals surface area contributed by atoms with Gasteiger partial charge in [0.15, 0.2) is 0 Å². The van der Waals surface area contributed by atoms with Gasteiger partial charge >= 0.3 is 5.97 Å². The summed E-state index contributed by atoms with van der Waals surface area (Å²) in [5, 5.41) is 9.58. The van der Waals surface area contributed by atoms with Crippen LogP contribution in [0.4, 0.5) is 0 Å². The molecular weight excluding hydrogens is 302 g/mol. The Morgan fingerprint density at radius 3 is 2.79 bits per heavy atom. The lowest BCUT2D eigenvalue weighted by atomic mass is 9.98. The minimum absolute atomic E-state index is 0.292. The summed E-state index contributed by atoms with van der Waals surface area (Å²) in [7, 11) is 1.40. The molecule has 0 amide bonds. The van der Waals surface area contributed by atoms with E-state index < -0.39 is 0 Å². The number of aromatic hydroxyl groups is 1. The van der Waals surface area contributed by atoms with Crippen LogP contribution in [0.25, 0.3) is 0 Å². The number of phenolic OH excluding ortho intramolecular Hbond substituents is 1. The van der Waals surface area contributed by atoms with Crippen LogP contribution in [0.1, 0.15) is 27.9 Å². The van der Waals surface area contributed by atoms with Gasteiger partial charge in [-0.3, -0.25) is 4.90 Å². The van der Waals surface area contributed by atoms with Gasteiger partial charge in [0.05, 0.1) is 12.7 Å². The number of rotatable bonds is 5. The van der Waals surface area contributed by atoms with Crippen molar-refractivity contribution < 1.29 is 14.6 Å². The molecule has 1 aliphatic rings. The van der Waals surface area contributed by atoms with Crippen LogP contribution in [-0.4, -0.2) is 36.2 Å². The van der Waals surface area contributed by atoms with Gasteiger partial charge in [0, 0.05) is 13.1 Å². The van der Waals surface area contributed by atoms with Gasteiger partial charge < -0.3 is 9.84 Å². The summed E-state index contributed by atoms with van der Waals surface area (Å²) in [6, 6.07) is 15.2. The Kier molecular flexibility index (Phi) is 5.16. The molecule has 24 heavy (non-hydrogen) atoms. The number of carbonyl (C=O) groups excluding carboxylic acids is 1. The summed E-state index contributed by atoms with van der Waals surface area (Å²) in [6.45, 7) is 2.95. The summed E-state index contributed by atoms with van der Waals surface area (Å²) in [5.41, 5.74) is 2.93. The zero-order chi connectivity index (χ0) is 16.9. The van der Waals surface area contributed by atoms with Gasteiger partial charge in [-0.25, -0.2) is 4.79 Å². The Hall–Kier alpha value is -2.33. The summed E-state index contributed by atoms with van der Waals surface area (Å²) in [4.78, 5) is 14.0. The average Bonchev–Trinajstić information content (AvgIpc) is 3.01. The van der Waals surface area contributed by atoms with Crippen molar-refractivity contribution in [2.75, 3.05) is 20.2 Å². The summed E-state index contributed by atoms with van der Waals surface area (Å²) in [5.74, 6) is 0.651. The van der Waals surface area contributed by atoms with Gasteiger partial charge in [-0.1, -0.05) is 24.3 Å². The summed E-state index contributed by atoms with van der Waals surface area (Å²) in [6.07, 6.45) is 2.15. The van der Waals surface area contributed by atoms with E-state index in [0.29, 0.717) is 17.2 Å². The van der Waals surface area contributed by atoms with Crippen LogP contribution < -0.4 is 0 Å². The second-order valence-electron chi connectivity index (χ2n) is 6.46. The largest absolute Gasteiger partial charge is 0.508 e. The lowest BCUT2D eigenvalue weighted by Gasteiger charge is -2.16. The fraction of sp³-hybridized carbons (Fsp3) is 0.350. The third kappa shape index (κ3) is 4.15. The Balaban J connectivity index is 1.57. The minimum atomic E-state index is -0.292. The van der Waals surface area contributed by atoms with Crippen LogP contribution in [0.2, 0.25) is 0 Å². The molecule has 0 aliphatic carbocycles. The van der Waals surface area contributed by atoms with Crippen LogP contribution in [0, 0.1) is 5.92 Å². The molecule has 0 bridgehead atoms. The number of benzene rings is 2. The predicted octanol–water partition coefficient (Wildman–Crippen LogP) is 3.24. The molecule has 0 radical (unpaired) electrons. The molecule has 1 saturated heterocycles. The van der Waals surface area contributed by atoms with E-state index in [0.717, 1.165) is 38.0 Å². The van der Waals surface area contributed by atoms with Gasteiger partial charge in [0.2, 0.25) is 0 Å². The van der Waals surface area contributed by atoms with Crippen molar-refractivity contribution in [3.8, 4) is 5.75 Å². The van der Waals surface area contributed by atoms with E-state index in [4.69, 9.17) is 4.74 Å². The fourth-order valence-electron chi connectivity index (χ4n) is 3.41. The molecule has 1 fully saturated rings. The van der Waals surface area contributed by atoms with Crippen molar-refractivity contribution in [2.24, 2.45) is 5.92 Å². The van der Waals surface area contributed by atoms with E-state index in [1.807, 2.05) is 24.3 Å². The molecule has 1 heterocycles. The Bertz CT molecular complexity index is 714. The maximum Gasteiger partial charge on any atom is 0.337 e. The third-order valence-corrected chi connectivity index (χ3v) is 4.56. The number of likely N-dealkylation sites (tertiary alicyclic amines) is 1. The average molecular weight is 325 g/mol. The second-order valence-corrected chi connectivity index (χ2v) is 6.46. The second kappa shape index (κ2) is 7.49. The first kappa shape index (κ1) is 16.5. The predicted molar refractivity (Wildman–Crippen MR) is 93.0 cm³/mol. The number of hydrogen-bond acceptors (Lipinski definition) is 4. The SMILES string of the molecule is COC(=O)c1cccc(CN2CCC(Cc3cccc(O)c3)C2)c1. The van der Waals surface area contributed by atoms with Crippen molar-refractivity contribution in [3.05, 3.63) is 65.2 Å². The van der Waals surface area contributed by atoms with Crippen LogP contribution >= 0.6 is 0 Å². The van der Waals surface area contributed by atoms with Gasteiger partial charge in [-0.2, -0.15) is 0 Å². The highest BCUT2D eigenvalue weighted by molar-refractivity contribution is 5.89. The van der Waals surface area contributed by atoms with E-state index in [2.05, 4.69) is 17.0 Å². The van der Waals surface area contributed by atoms with E-state index >= 15 is 0 Å². The van der Waals surface area contributed by atoms with Crippen molar-refractivity contribution in [1.29, 1.82) is 0 Å². The van der Waals surface area contributed by atoms with Gasteiger partial charge in [0.1, 0.15) is 5.75 Å². The number of esters is 1. The topological polar surface area (TPSA) is 49.8 Å². The van der Waals surface area contributed by atoms with Crippen LogP contribution in [0.3, 0.4) is 0 Å². The molecular formula is C20H23NO3. The van der Waals surface area contributed by atoms with Crippen molar-refractivity contribution in [1.82, 2.24) is 4.90 Å². The molecule has 126 valence electrons. The van der Waals surface area contributed by atoms with Crippen molar-refractivity contribution in [2.45, 2.75) is 19.4 Å². The maximum atomic E-state index is 11.6. The molecule has 1 atom stereocenters. The zero-order valence-electron chi connectivity index (χ0n) is 13.9. The molecule has 2 aromatic carbocycles. The Morgan fingerprint density at radius 2 is 2.00 bits per heavy atom. The van der Waals surface area contributed by atoms with Gasteiger partial charge in [-0.05, 0) is 60.7 Å². The monoisotopic (exact) mass is 325 g/mol. The van der Waals surface area contributed by atoms with Crippen LogP contribution in [-0.2, 0) is 17.7 Å². The number of ether oxygens (including phenoxy) is 1. The normalized spacial score (nSPS) is 17.8. The zero-order valence-corrected chi connectivity index (χ0v) is 13.9. The first-order chi connectivity index (χ1) is 11.6. The molecule has 3 rings (SSSR count). The van der Waals surface area contributed by atoms with Gasteiger partial charge in [0.25, 0.3) is 0 Å². The maximum absolute atomic E-state index is 11.6. The first-order valence-electron chi connectivity index (χ1n) is 8.31. The fourth-order valence-corrected chi connectivity index (χ4v) is 3.41. The van der Waals surface area contributed by atoms with E-state index in [9.17, 15) is 9.90 Å². The van der Waals surface area contributed by atoms with Crippen LogP contribution in [0.15, 0.2) is 48.5 Å². The highest BCUT2D eigenvalue weighted by Gasteiger charge is 2.23. The number of carbonyl (C=O) groups is 1. The highest BCUT2D eigenvalue weighted by Crippen LogP contribution is 2.24. The molecule has 4 nitrogen and oxygen atoms in total. The lowest BCUT2D eigenvalue weighted by Crippen LogP contribution is -2.20. The van der Waals surface area contributed by atoms with Crippen molar-refractivity contribution in [3.63, 3.8) is 0 Å². The molecule has 1 aliphatic heterocycles. The molecule has 2 aromatic rings. The quantitative estimate of drug-likeness (QED) is 0.858. The minimum Gasteiger partial charge on any atom is -0.508 e. The smallest absolute Gasteiger partial charge is 0.337 e.